The topological polar surface area (TPSA) is 92.2 Å². The van der Waals surface area contributed by atoms with Crippen LogP contribution in [0.3, 0.4) is 0 Å². The van der Waals surface area contributed by atoms with Crippen molar-refractivity contribution in [3.05, 3.63) is 84.8 Å². The van der Waals surface area contributed by atoms with Gasteiger partial charge in [0.1, 0.15) is 17.5 Å². The highest BCUT2D eigenvalue weighted by Crippen LogP contribution is 2.26. The predicted octanol–water partition coefficient (Wildman–Crippen LogP) is 4.12. The zero-order valence-electron chi connectivity index (χ0n) is 18.8. The van der Waals surface area contributed by atoms with Gasteiger partial charge in [0.05, 0.1) is 24.2 Å². The molecule has 0 bridgehead atoms. The Kier molecular flexibility index (Phi) is 5.86. The van der Waals surface area contributed by atoms with Gasteiger partial charge in [-0.3, -0.25) is 14.7 Å². The van der Waals surface area contributed by atoms with Gasteiger partial charge in [0, 0.05) is 24.5 Å². The SMILES string of the molecule is COc1ccc(-c2cc(C(=O)N3CCC[C@H]3C(=O)Nc3ccccc3-n3cccc3)[nH]n2)cc1. The van der Waals surface area contributed by atoms with E-state index < -0.39 is 6.04 Å². The van der Waals surface area contributed by atoms with Crippen molar-refractivity contribution in [3.8, 4) is 22.7 Å². The van der Waals surface area contributed by atoms with Crippen molar-refractivity contribution in [2.24, 2.45) is 0 Å². The third-order valence-corrected chi connectivity index (χ3v) is 6.05. The molecule has 2 amide bonds. The molecule has 1 atom stereocenters. The van der Waals surface area contributed by atoms with E-state index in [1.165, 1.54) is 0 Å². The van der Waals surface area contributed by atoms with E-state index in [2.05, 4.69) is 15.5 Å². The molecule has 3 heterocycles. The van der Waals surface area contributed by atoms with Crippen LogP contribution in [0.5, 0.6) is 5.75 Å². The smallest absolute Gasteiger partial charge is 0.272 e. The molecule has 2 aromatic carbocycles. The first-order valence-corrected chi connectivity index (χ1v) is 11.2. The first kappa shape index (κ1) is 21.5. The molecule has 1 saturated heterocycles. The van der Waals surface area contributed by atoms with Crippen LogP contribution < -0.4 is 10.1 Å². The maximum absolute atomic E-state index is 13.3. The summed E-state index contributed by atoms with van der Waals surface area (Å²) in [4.78, 5) is 28.1. The third-order valence-electron chi connectivity index (χ3n) is 6.05. The van der Waals surface area contributed by atoms with Crippen molar-refractivity contribution < 1.29 is 14.3 Å². The molecule has 2 aromatic heterocycles. The number of hydrogen-bond acceptors (Lipinski definition) is 4. The van der Waals surface area contributed by atoms with Crippen LogP contribution in [-0.4, -0.2) is 51.2 Å². The van der Waals surface area contributed by atoms with E-state index in [1.807, 2.05) is 77.6 Å². The molecule has 0 saturated carbocycles. The monoisotopic (exact) mass is 455 g/mol. The quantitative estimate of drug-likeness (QED) is 0.458. The number of nitrogens with one attached hydrogen (secondary N) is 2. The number of rotatable bonds is 6. The second-order valence-corrected chi connectivity index (χ2v) is 8.15. The second kappa shape index (κ2) is 9.27. The van der Waals surface area contributed by atoms with Gasteiger partial charge in [-0.25, -0.2) is 0 Å². The molecule has 1 fully saturated rings. The van der Waals surface area contributed by atoms with Gasteiger partial charge in [-0.05, 0) is 67.4 Å². The zero-order chi connectivity index (χ0) is 23.5. The van der Waals surface area contributed by atoms with Crippen molar-refractivity contribution in [2.75, 3.05) is 19.0 Å². The van der Waals surface area contributed by atoms with Crippen LogP contribution in [0.4, 0.5) is 5.69 Å². The summed E-state index contributed by atoms with van der Waals surface area (Å²) >= 11 is 0. The fourth-order valence-electron chi connectivity index (χ4n) is 4.29. The number of ether oxygens (including phenoxy) is 1. The standard InChI is InChI=1S/C26H25N5O3/c1-34-19-12-10-18(11-13-19)21-17-22(29-28-21)26(33)31-16-6-9-24(31)25(32)27-20-7-2-3-8-23(20)30-14-4-5-15-30/h2-5,7-8,10-15,17,24H,6,9,16H2,1H3,(H,27,32)(H,28,29)/t24-/m0/s1. The number of amides is 2. The lowest BCUT2D eigenvalue weighted by atomic mass is 10.1. The number of hydrogen-bond donors (Lipinski definition) is 2. The molecule has 172 valence electrons. The molecule has 1 aliphatic rings. The molecule has 1 aliphatic heterocycles. The largest absolute Gasteiger partial charge is 0.497 e. The zero-order valence-corrected chi connectivity index (χ0v) is 18.8. The number of aromatic nitrogens is 3. The normalized spacial score (nSPS) is 15.3. The molecule has 0 radical (unpaired) electrons. The van der Waals surface area contributed by atoms with Crippen LogP contribution in [0.2, 0.25) is 0 Å². The minimum absolute atomic E-state index is 0.194. The van der Waals surface area contributed by atoms with E-state index >= 15 is 0 Å². The minimum atomic E-state index is -0.544. The highest BCUT2D eigenvalue weighted by molar-refractivity contribution is 6.02. The van der Waals surface area contributed by atoms with Crippen molar-refractivity contribution >= 4 is 17.5 Å². The summed E-state index contributed by atoms with van der Waals surface area (Å²) in [6, 6.07) is 20.1. The van der Waals surface area contributed by atoms with E-state index in [0.717, 1.165) is 23.4 Å². The highest BCUT2D eigenvalue weighted by atomic mass is 16.5. The minimum Gasteiger partial charge on any atom is -0.497 e. The van der Waals surface area contributed by atoms with Gasteiger partial charge in [-0.2, -0.15) is 5.10 Å². The Morgan fingerprint density at radius 1 is 1.06 bits per heavy atom. The number of methoxy groups -OCH3 is 1. The Labute approximate surface area is 197 Å². The Morgan fingerprint density at radius 2 is 1.82 bits per heavy atom. The van der Waals surface area contributed by atoms with E-state index in [0.29, 0.717) is 30.0 Å². The summed E-state index contributed by atoms with van der Waals surface area (Å²) in [7, 11) is 1.61. The number of anilines is 1. The Morgan fingerprint density at radius 3 is 2.59 bits per heavy atom. The highest BCUT2D eigenvalue weighted by Gasteiger charge is 2.35. The number of H-pyrrole nitrogens is 1. The third kappa shape index (κ3) is 4.17. The van der Waals surface area contributed by atoms with Crippen LogP contribution >= 0.6 is 0 Å². The lowest BCUT2D eigenvalue weighted by molar-refractivity contribution is -0.119. The Bertz CT molecular complexity index is 1290. The van der Waals surface area contributed by atoms with E-state index in [4.69, 9.17) is 4.74 Å². The van der Waals surface area contributed by atoms with Crippen LogP contribution in [0.1, 0.15) is 23.3 Å². The van der Waals surface area contributed by atoms with E-state index in [1.54, 1.807) is 18.1 Å². The summed E-state index contributed by atoms with van der Waals surface area (Å²) < 4.78 is 7.14. The van der Waals surface area contributed by atoms with E-state index in [9.17, 15) is 9.59 Å². The molecule has 0 spiro atoms. The molecule has 5 rings (SSSR count). The number of carbonyl (C=O) groups excluding carboxylic acids is 2. The molecule has 2 N–H and O–H groups in total. The number of nitrogens with zero attached hydrogens (tertiary/aromatic N) is 3. The summed E-state index contributed by atoms with van der Waals surface area (Å²) in [6.45, 7) is 0.521. The van der Waals surface area contributed by atoms with E-state index in [-0.39, 0.29) is 11.8 Å². The molecule has 0 aliphatic carbocycles. The van der Waals surface area contributed by atoms with Crippen LogP contribution in [0.25, 0.3) is 16.9 Å². The van der Waals surface area contributed by atoms with Crippen molar-refractivity contribution in [3.63, 3.8) is 0 Å². The molecule has 0 unspecified atom stereocenters. The average Bonchev–Trinajstić information content (AvgIpc) is 3.65. The van der Waals surface area contributed by atoms with Gasteiger partial charge in [-0.15, -0.1) is 0 Å². The van der Waals surface area contributed by atoms with Gasteiger partial charge in [0.25, 0.3) is 5.91 Å². The number of aromatic amines is 1. The van der Waals surface area contributed by atoms with Crippen LogP contribution in [-0.2, 0) is 4.79 Å². The Hall–Kier alpha value is -4.33. The Balaban J connectivity index is 1.32. The predicted molar refractivity (Wildman–Crippen MR) is 129 cm³/mol. The van der Waals surface area contributed by atoms with Gasteiger partial charge in [0.2, 0.25) is 5.91 Å². The number of benzene rings is 2. The first-order valence-electron chi connectivity index (χ1n) is 11.2. The lowest BCUT2D eigenvalue weighted by Crippen LogP contribution is -2.43. The van der Waals surface area contributed by atoms with Crippen LogP contribution in [0.15, 0.2) is 79.1 Å². The lowest BCUT2D eigenvalue weighted by Gasteiger charge is -2.24. The van der Waals surface area contributed by atoms with Crippen LogP contribution in [0, 0.1) is 0 Å². The fourth-order valence-corrected chi connectivity index (χ4v) is 4.29. The maximum atomic E-state index is 13.3. The number of carbonyl (C=O) groups is 2. The molecule has 8 heteroatoms. The summed E-state index contributed by atoms with van der Waals surface area (Å²) in [5.74, 6) is 0.323. The molecule has 8 nitrogen and oxygen atoms in total. The van der Waals surface area contributed by atoms with Gasteiger partial charge in [-0.1, -0.05) is 12.1 Å². The molecular formula is C26H25N5O3. The summed E-state index contributed by atoms with van der Waals surface area (Å²) in [6.07, 6.45) is 5.23. The average molecular weight is 456 g/mol. The molecular weight excluding hydrogens is 430 g/mol. The molecule has 4 aromatic rings. The second-order valence-electron chi connectivity index (χ2n) is 8.15. The first-order chi connectivity index (χ1) is 16.6. The van der Waals surface area contributed by atoms with Gasteiger partial charge < -0.3 is 19.5 Å². The van der Waals surface area contributed by atoms with Crippen molar-refractivity contribution in [1.29, 1.82) is 0 Å². The number of para-hydroxylation sites is 2. The van der Waals surface area contributed by atoms with Crippen molar-refractivity contribution in [1.82, 2.24) is 19.7 Å². The van der Waals surface area contributed by atoms with Crippen molar-refractivity contribution in [2.45, 2.75) is 18.9 Å². The van der Waals surface area contributed by atoms with Gasteiger partial charge in [0.15, 0.2) is 0 Å². The van der Waals surface area contributed by atoms with Gasteiger partial charge >= 0.3 is 0 Å². The number of likely N-dealkylation sites (tertiary alicyclic amines) is 1. The maximum Gasteiger partial charge on any atom is 0.272 e. The summed E-state index contributed by atoms with van der Waals surface area (Å²) in [5, 5.41) is 10.2. The fraction of sp³-hybridized carbons (Fsp3) is 0.192. The summed E-state index contributed by atoms with van der Waals surface area (Å²) in [5.41, 5.74) is 3.46. The molecule has 34 heavy (non-hydrogen) atoms.